The molecular formula is C11H12N4O. The van der Waals surface area contributed by atoms with Crippen molar-refractivity contribution in [2.24, 2.45) is 0 Å². The molecule has 2 aromatic heterocycles. The maximum atomic E-state index is 11.8. The average Bonchev–Trinajstić information content (AvgIpc) is 2.69. The van der Waals surface area contributed by atoms with Gasteiger partial charge in [0, 0.05) is 32.6 Å². The molecule has 2 rings (SSSR count). The summed E-state index contributed by atoms with van der Waals surface area (Å²) in [6, 6.07) is 3.60. The van der Waals surface area contributed by atoms with Crippen molar-refractivity contribution >= 4 is 11.3 Å². The Bertz CT molecular complexity index is 542. The lowest BCUT2D eigenvalue weighted by atomic mass is 10.2. The van der Waals surface area contributed by atoms with E-state index in [9.17, 15) is 4.79 Å². The number of carbonyl (C=O) groups is 1. The molecule has 0 aliphatic carbocycles. The first-order valence-electron chi connectivity index (χ1n) is 4.86. The molecule has 5 nitrogen and oxygen atoms in total. The SMILES string of the molecule is CN(C)/C=C/C(=O)c1cnn2ncccc12. The molecule has 0 fully saturated rings. The second kappa shape index (κ2) is 4.14. The predicted molar refractivity (Wildman–Crippen MR) is 60.1 cm³/mol. The molecule has 0 aliphatic heterocycles. The van der Waals surface area contributed by atoms with Crippen molar-refractivity contribution in [2.75, 3.05) is 14.1 Å². The fraction of sp³-hybridized carbons (Fsp3) is 0.182. The number of ketones is 1. The molecule has 0 aromatic carbocycles. The topological polar surface area (TPSA) is 50.5 Å². The predicted octanol–water partition coefficient (Wildman–Crippen LogP) is 0.987. The van der Waals surface area contributed by atoms with Gasteiger partial charge in [0.05, 0.1) is 17.3 Å². The molecule has 0 atom stereocenters. The fourth-order valence-electron chi connectivity index (χ4n) is 1.33. The van der Waals surface area contributed by atoms with Crippen LogP contribution in [-0.2, 0) is 0 Å². The Kier molecular flexibility index (Phi) is 2.68. The van der Waals surface area contributed by atoms with Gasteiger partial charge in [-0.2, -0.15) is 14.8 Å². The molecule has 0 bridgehead atoms. The largest absolute Gasteiger partial charge is 0.383 e. The number of hydrogen-bond donors (Lipinski definition) is 0. The van der Waals surface area contributed by atoms with Crippen LogP contribution in [0.3, 0.4) is 0 Å². The fourth-order valence-corrected chi connectivity index (χ4v) is 1.33. The molecule has 0 amide bonds. The zero-order valence-electron chi connectivity index (χ0n) is 9.16. The van der Waals surface area contributed by atoms with Crippen molar-refractivity contribution in [3.05, 3.63) is 42.4 Å². The number of allylic oxidation sites excluding steroid dienone is 1. The highest BCUT2D eigenvalue weighted by Crippen LogP contribution is 2.09. The van der Waals surface area contributed by atoms with E-state index in [1.807, 2.05) is 25.1 Å². The molecule has 0 spiro atoms. The van der Waals surface area contributed by atoms with Gasteiger partial charge in [0.1, 0.15) is 0 Å². The van der Waals surface area contributed by atoms with Gasteiger partial charge in [-0.05, 0) is 12.1 Å². The van der Waals surface area contributed by atoms with Gasteiger partial charge in [-0.15, -0.1) is 0 Å². The minimum Gasteiger partial charge on any atom is -0.383 e. The molecule has 0 saturated carbocycles. The number of rotatable bonds is 3. The summed E-state index contributed by atoms with van der Waals surface area (Å²) in [5.41, 5.74) is 1.28. The third kappa shape index (κ3) is 1.93. The molecule has 0 N–H and O–H groups in total. The molecular weight excluding hydrogens is 204 g/mol. The van der Waals surface area contributed by atoms with Crippen LogP contribution in [0.2, 0.25) is 0 Å². The van der Waals surface area contributed by atoms with Crippen LogP contribution in [0.5, 0.6) is 0 Å². The zero-order chi connectivity index (χ0) is 11.5. The van der Waals surface area contributed by atoms with Crippen molar-refractivity contribution in [2.45, 2.75) is 0 Å². The van der Waals surface area contributed by atoms with Crippen LogP contribution in [0, 0.1) is 0 Å². The van der Waals surface area contributed by atoms with Gasteiger partial charge in [0.2, 0.25) is 0 Å². The number of nitrogens with zero attached hydrogens (tertiary/aromatic N) is 4. The molecule has 82 valence electrons. The van der Waals surface area contributed by atoms with Crippen molar-refractivity contribution in [1.29, 1.82) is 0 Å². The van der Waals surface area contributed by atoms with E-state index in [1.165, 1.54) is 16.9 Å². The summed E-state index contributed by atoms with van der Waals surface area (Å²) in [5, 5.41) is 8.00. The summed E-state index contributed by atoms with van der Waals surface area (Å²) < 4.78 is 1.44. The molecule has 5 heteroatoms. The quantitative estimate of drug-likeness (QED) is 0.567. The van der Waals surface area contributed by atoms with Gasteiger partial charge in [0.15, 0.2) is 5.78 Å². The molecule has 0 aliphatic rings. The molecule has 16 heavy (non-hydrogen) atoms. The lowest BCUT2D eigenvalue weighted by Crippen LogP contribution is -2.03. The van der Waals surface area contributed by atoms with E-state index < -0.39 is 0 Å². The lowest BCUT2D eigenvalue weighted by Gasteiger charge is -2.01. The third-order valence-electron chi connectivity index (χ3n) is 2.09. The smallest absolute Gasteiger partial charge is 0.191 e. The summed E-state index contributed by atoms with van der Waals surface area (Å²) in [7, 11) is 3.73. The van der Waals surface area contributed by atoms with E-state index in [-0.39, 0.29) is 5.78 Å². The maximum absolute atomic E-state index is 11.8. The van der Waals surface area contributed by atoms with Gasteiger partial charge in [-0.25, -0.2) is 0 Å². The Hall–Kier alpha value is -2.17. The molecule has 2 heterocycles. The third-order valence-corrected chi connectivity index (χ3v) is 2.09. The van der Waals surface area contributed by atoms with Crippen molar-refractivity contribution in [3.63, 3.8) is 0 Å². The van der Waals surface area contributed by atoms with E-state index in [1.54, 1.807) is 18.5 Å². The standard InChI is InChI=1S/C11H12N4O/c1-14(2)7-5-11(16)9-8-13-15-10(9)4-3-6-12-15/h3-8H,1-2H3/b7-5+. The van der Waals surface area contributed by atoms with Gasteiger partial charge in [-0.1, -0.05) is 0 Å². The number of aromatic nitrogens is 3. The minimum absolute atomic E-state index is 0.0725. The summed E-state index contributed by atoms with van der Waals surface area (Å²) in [4.78, 5) is 13.6. The van der Waals surface area contributed by atoms with Gasteiger partial charge >= 0.3 is 0 Å². The Labute approximate surface area is 93.0 Å². The highest BCUT2D eigenvalue weighted by atomic mass is 16.1. The summed E-state index contributed by atoms with van der Waals surface area (Å²) in [6.45, 7) is 0. The van der Waals surface area contributed by atoms with Crippen molar-refractivity contribution < 1.29 is 4.79 Å². The zero-order valence-corrected chi connectivity index (χ0v) is 9.16. The lowest BCUT2D eigenvalue weighted by molar-refractivity contribution is 0.104. The second-order valence-electron chi connectivity index (χ2n) is 3.60. The Morgan fingerprint density at radius 3 is 3.00 bits per heavy atom. The van der Waals surface area contributed by atoms with E-state index >= 15 is 0 Å². The van der Waals surface area contributed by atoms with Gasteiger partial charge in [-0.3, -0.25) is 4.79 Å². The van der Waals surface area contributed by atoms with E-state index in [2.05, 4.69) is 10.2 Å². The van der Waals surface area contributed by atoms with Crippen LogP contribution in [0.15, 0.2) is 36.8 Å². The van der Waals surface area contributed by atoms with Crippen LogP contribution < -0.4 is 0 Å². The van der Waals surface area contributed by atoms with Crippen LogP contribution in [-0.4, -0.2) is 39.6 Å². The summed E-state index contributed by atoms with van der Waals surface area (Å²) in [5.74, 6) is -0.0725. The first kappa shape index (κ1) is 10.4. The Morgan fingerprint density at radius 1 is 1.44 bits per heavy atom. The van der Waals surface area contributed by atoms with Gasteiger partial charge < -0.3 is 4.90 Å². The average molecular weight is 216 g/mol. The molecule has 2 aromatic rings. The molecule has 0 unspecified atom stereocenters. The first-order chi connectivity index (χ1) is 7.68. The van der Waals surface area contributed by atoms with Crippen LogP contribution in [0.25, 0.3) is 5.52 Å². The van der Waals surface area contributed by atoms with Crippen molar-refractivity contribution in [1.82, 2.24) is 19.7 Å². The Balaban J connectivity index is 2.37. The van der Waals surface area contributed by atoms with Crippen LogP contribution in [0.1, 0.15) is 10.4 Å². The van der Waals surface area contributed by atoms with E-state index in [4.69, 9.17) is 0 Å². The first-order valence-corrected chi connectivity index (χ1v) is 4.86. The van der Waals surface area contributed by atoms with E-state index in [0.29, 0.717) is 5.56 Å². The van der Waals surface area contributed by atoms with Gasteiger partial charge in [0.25, 0.3) is 0 Å². The summed E-state index contributed by atoms with van der Waals surface area (Å²) >= 11 is 0. The second-order valence-corrected chi connectivity index (χ2v) is 3.60. The highest BCUT2D eigenvalue weighted by molar-refractivity contribution is 6.09. The van der Waals surface area contributed by atoms with Crippen LogP contribution >= 0.6 is 0 Å². The number of carbonyl (C=O) groups excluding carboxylic acids is 1. The number of hydrogen-bond acceptors (Lipinski definition) is 4. The number of fused-ring (bicyclic) bond motifs is 1. The normalized spacial score (nSPS) is 11.1. The molecule has 0 radical (unpaired) electrons. The van der Waals surface area contributed by atoms with E-state index in [0.717, 1.165) is 5.52 Å². The van der Waals surface area contributed by atoms with Crippen LogP contribution in [0.4, 0.5) is 0 Å². The maximum Gasteiger partial charge on any atom is 0.191 e. The molecule has 0 saturated heterocycles. The summed E-state index contributed by atoms with van der Waals surface area (Å²) in [6.07, 6.45) is 6.39. The Morgan fingerprint density at radius 2 is 2.25 bits per heavy atom. The monoisotopic (exact) mass is 216 g/mol. The van der Waals surface area contributed by atoms with Crippen molar-refractivity contribution in [3.8, 4) is 0 Å². The highest BCUT2D eigenvalue weighted by Gasteiger charge is 2.09. The minimum atomic E-state index is -0.0725.